The molecule has 1 fully saturated rings. The van der Waals surface area contributed by atoms with Crippen molar-refractivity contribution in [3.63, 3.8) is 0 Å². The van der Waals surface area contributed by atoms with Gasteiger partial charge in [0, 0.05) is 31.5 Å². The van der Waals surface area contributed by atoms with Crippen LogP contribution in [0.2, 0.25) is 0 Å². The number of methoxy groups -OCH3 is 1. The van der Waals surface area contributed by atoms with Crippen LogP contribution in [0.1, 0.15) is 23.3 Å². The molecular formula is C19H20N4O3. The van der Waals surface area contributed by atoms with E-state index in [4.69, 9.17) is 4.74 Å². The van der Waals surface area contributed by atoms with E-state index in [2.05, 4.69) is 10.3 Å². The molecule has 1 amide bonds. The van der Waals surface area contributed by atoms with E-state index in [0.717, 1.165) is 29.8 Å². The highest BCUT2D eigenvalue weighted by Crippen LogP contribution is 2.32. The topological polar surface area (TPSA) is 77.6 Å². The molecule has 3 aromatic rings. The van der Waals surface area contributed by atoms with Gasteiger partial charge in [0.05, 0.1) is 12.8 Å². The molecule has 1 N–H and O–H groups in total. The molecule has 2 heterocycles. The summed E-state index contributed by atoms with van der Waals surface area (Å²) in [6, 6.07) is 7.60. The third kappa shape index (κ3) is 2.85. The van der Waals surface area contributed by atoms with Gasteiger partial charge in [-0.3, -0.25) is 14.0 Å². The minimum absolute atomic E-state index is 0.180. The Morgan fingerprint density at radius 2 is 2.00 bits per heavy atom. The van der Waals surface area contributed by atoms with Crippen molar-refractivity contribution in [2.24, 2.45) is 5.92 Å². The zero-order chi connectivity index (χ0) is 18.3. The quantitative estimate of drug-likeness (QED) is 0.761. The first-order valence-corrected chi connectivity index (χ1v) is 8.59. The Kier molecular flexibility index (Phi) is 3.99. The number of ether oxygens (including phenoxy) is 1. The van der Waals surface area contributed by atoms with E-state index in [1.165, 1.54) is 0 Å². The van der Waals surface area contributed by atoms with Gasteiger partial charge in [-0.2, -0.15) is 0 Å². The van der Waals surface area contributed by atoms with Crippen molar-refractivity contribution in [1.29, 1.82) is 0 Å². The summed E-state index contributed by atoms with van der Waals surface area (Å²) in [7, 11) is 3.16. The van der Waals surface area contributed by atoms with Crippen LogP contribution in [-0.2, 0) is 6.54 Å². The van der Waals surface area contributed by atoms with E-state index in [-0.39, 0.29) is 22.8 Å². The van der Waals surface area contributed by atoms with Crippen molar-refractivity contribution in [2.75, 3.05) is 14.2 Å². The summed E-state index contributed by atoms with van der Waals surface area (Å²) in [5.74, 6) is 0.976. The molecule has 0 atom stereocenters. The molecule has 134 valence electrons. The second-order valence-corrected chi connectivity index (χ2v) is 6.54. The van der Waals surface area contributed by atoms with Gasteiger partial charge in [-0.1, -0.05) is 0 Å². The van der Waals surface area contributed by atoms with Gasteiger partial charge in [-0.05, 0) is 43.0 Å². The predicted molar refractivity (Wildman–Crippen MR) is 97.6 cm³/mol. The summed E-state index contributed by atoms with van der Waals surface area (Å²) in [6.07, 6.45) is 5.72. The first-order chi connectivity index (χ1) is 12.6. The van der Waals surface area contributed by atoms with Crippen LogP contribution in [0.5, 0.6) is 5.75 Å². The number of rotatable bonds is 5. The molecule has 1 aliphatic carbocycles. The van der Waals surface area contributed by atoms with Crippen LogP contribution in [0.25, 0.3) is 16.9 Å². The lowest BCUT2D eigenvalue weighted by atomic mass is 10.1. The molecule has 0 spiro atoms. The summed E-state index contributed by atoms with van der Waals surface area (Å²) in [5.41, 5.74) is 2.04. The lowest BCUT2D eigenvalue weighted by Crippen LogP contribution is -2.25. The van der Waals surface area contributed by atoms with Crippen molar-refractivity contribution in [2.45, 2.75) is 19.4 Å². The summed E-state index contributed by atoms with van der Waals surface area (Å²) < 4.78 is 8.63. The Labute approximate surface area is 150 Å². The van der Waals surface area contributed by atoms with Crippen LogP contribution in [0.4, 0.5) is 0 Å². The minimum Gasteiger partial charge on any atom is -0.497 e. The molecule has 1 aromatic carbocycles. The monoisotopic (exact) mass is 352 g/mol. The van der Waals surface area contributed by atoms with Crippen LogP contribution in [-0.4, -0.2) is 34.0 Å². The van der Waals surface area contributed by atoms with E-state index in [1.54, 1.807) is 29.3 Å². The maximum Gasteiger partial charge on any atom is 0.294 e. The standard InChI is InChI=1S/C19H20N4O3/c1-20-18(24)15-10-22-11-16(13-5-7-14(26-2)8-6-13)23(9-12-3-4-12)19(25)17(22)21-15/h5-8,10-12H,3-4,9H2,1-2H3,(H,20,24). The first-order valence-electron chi connectivity index (χ1n) is 8.59. The van der Waals surface area contributed by atoms with Crippen molar-refractivity contribution in [1.82, 2.24) is 19.3 Å². The van der Waals surface area contributed by atoms with Gasteiger partial charge in [0.25, 0.3) is 11.5 Å². The molecule has 0 aliphatic heterocycles. The highest BCUT2D eigenvalue weighted by atomic mass is 16.5. The smallest absolute Gasteiger partial charge is 0.294 e. The number of hydrogen-bond acceptors (Lipinski definition) is 4. The number of benzene rings is 1. The third-order valence-electron chi connectivity index (χ3n) is 4.70. The normalized spacial score (nSPS) is 13.8. The fourth-order valence-electron chi connectivity index (χ4n) is 3.05. The molecule has 7 nitrogen and oxygen atoms in total. The molecule has 2 aromatic heterocycles. The van der Waals surface area contributed by atoms with Crippen LogP contribution in [0.3, 0.4) is 0 Å². The molecule has 26 heavy (non-hydrogen) atoms. The van der Waals surface area contributed by atoms with Gasteiger partial charge < -0.3 is 14.6 Å². The Morgan fingerprint density at radius 3 is 2.62 bits per heavy atom. The molecule has 1 saturated carbocycles. The van der Waals surface area contributed by atoms with Gasteiger partial charge in [-0.25, -0.2) is 4.98 Å². The molecule has 0 unspecified atom stereocenters. The number of carbonyl (C=O) groups is 1. The van der Waals surface area contributed by atoms with E-state index in [0.29, 0.717) is 12.5 Å². The van der Waals surface area contributed by atoms with Gasteiger partial charge >= 0.3 is 0 Å². The Bertz CT molecular complexity index is 1030. The van der Waals surface area contributed by atoms with Gasteiger partial charge in [0.15, 0.2) is 0 Å². The van der Waals surface area contributed by atoms with Crippen LogP contribution in [0.15, 0.2) is 41.5 Å². The van der Waals surface area contributed by atoms with E-state index in [1.807, 2.05) is 30.5 Å². The predicted octanol–water partition coefficient (Wildman–Crippen LogP) is 1.94. The number of imidazole rings is 1. The summed E-state index contributed by atoms with van der Waals surface area (Å²) in [4.78, 5) is 29.2. The summed E-state index contributed by atoms with van der Waals surface area (Å²) in [6.45, 7) is 0.666. The summed E-state index contributed by atoms with van der Waals surface area (Å²) >= 11 is 0. The second kappa shape index (κ2) is 6.33. The average Bonchev–Trinajstić information content (AvgIpc) is 3.39. The largest absolute Gasteiger partial charge is 0.497 e. The highest BCUT2D eigenvalue weighted by Gasteiger charge is 2.25. The fourth-order valence-corrected chi connectivity index (χ4v) is 3.05. The number of fused-ring (bicyclic) bond motifs is 1. The van der Waals surface area contributed by atoms with Crippen LogP contribution in [0, 0.1) is 5.92 Å². The third-order valence-corrected chi connectivity index (χ3v) is 4.70. The van der Waals surface area contributed by atoms with Crippen molar-refractivity contribution >= 4 is 11.6 Å². The number of amides is 1. The van der Waals surface area contributed by atoms with E-state index >= 15 is 0 Å². The van der Waals surface area contributed by atoms with Crippen LogP contribution < -0.4 is 15.6 Å². The maximum atomic E-state index is 13.1. The van der Waals surface area contributed by atoms with Gasteiger partial charge in [-0.15, -0.1) is 0 Å². The molecular weight excluding hydrogens is 332 g/mol. The molecule has 0 saturated heterocycles. The Morgan fingerprint density at radius 1 is 1.27 bits per heavy atom. The zero-order valence-corrected chi connectivity index (χ0v) is 14.7. The Hall–Kier alpha value is -3.09. The van der Waals surface area contributed by atoms with Gasteiger partial charge in [0.2, 0.25) is 5.65 Å². The van der Waals surface area contributed by atoms with Crippen LogP contribution >= 0.6 is 0 Å². The zero-order valence-electron chi connectivity index (χ0n) is 14.7. The SMILES string of the molecule is CNC(=O)c1cn2cc(-c3ccc(OC)cc3)n(CC3CC3)c(=O)c2n1. The number of hydrogen-bond donors (Lipinski definition) is 1. The highest BCUT2D eigenvalue weighted by molar-refractivity contribution is 5.92. The second-order valence-electron chi connectivity index (χ2n) is 6.54. The number of nitrogens with one attached hydrogen (secondary N) is 1. The molecule has 0 radical (unpaired) electrons. The number of carbonyl (C=O) groups excluding carboxylic acids is 1. The van der Waals surface area contributed by atoms with E-state index in [9.17, 15) is 9.59 Å². The lowest BCUT2D eigenvalue weighted by Gasteiger charge is -2.14. The molecule has 1 aliphatic rings. The summed E-state index contributed by atoms with van der Waals surface area (Å²) in [5, 5.41) is 2.54. The van der Waals surface area contributed by atoms with Crippen molar-refractivity contribution in [3.05, 3.63) is 52.7 Å². The number of aromatic nitrogens is 3. The van der Waals surface area contributed by atoms with Crippen molar-refractivity contribution in [3.8, 4) is 17.0 Å². The fraction of sp³-hybridized carbons (Fsp3) is 0.316. The lowest BCUT2D eigenvalue weighted by molar-refractivity contribution is 0.0959. The van der Waals surface area contributed by atoms with Crippen molar-refractivity contribution < 1.29 is 9.53 Å². The Balaban J connectivity index is 1.90. The van der Waals surface area contributed by atoms with E-state index < -0.39 is 0 Å². The molecule has 0 bridgehead atoms. The average molecular weight is 352 g/mol. The minimum atomic E-state index is -0.312. The molecule has 4 rings (SSSR count). The molecule has 7 heteroatoms. The van der Waals surface area contributed by atoms with Gasteiger partial charge in [0.1, 0.15) is 11.4 Å². The maximum absolute atomic E-state index is 13.1. The first kappa shape index (κ1) is 16.4. The number of nitrogens with zero attached hydrogens (tertiary/aromatic N) is 3.